The van der Waals surface area contributed by atoms with Crippen molar-refractivity contribution in [3.05, 3.63) is 106 Å². The Kier molecular flexibility index (Phi) is 6.54. The average molecular weight is 467 g/mol. The molecule has 0 aromatic heterocycles. The van der Waals surface area contributed by atoms with E-state index >= 15 is 0 Å². The van der Waals surface area contributed by atoms with Crippen molar-refractivity contribution in [3.63, 3.8) is 0 Å². The summed E-state index contributed by atoms with van der Waals surface area (Å²) in [6.07, 6.45) is 0. The molecule has 0 bridgehead atoms. The second kappa shape index (κ2) is 9.23. The van der Waals surface area contributed by atoms with Gasteiger partial charge in [-0.1, -0.05) is 35.9 Å². The van der Waals surface area contributed by atoms with Crippen LogP contribution in [0.15, 0.2) is 66.7 Å². The molecule has 1 N–H and O–H groups in total. The van der Waals surface area contributed by atoms with Crippen LogP contribution >= 0.6 is 11.6 Å². The summed E-state index contributed by atoms with van der Waals surface area (Å²) < 4.78 is 27.9. The Bertz CT molecular complexity index is 1140. The van der Waals surface area contributed by atoms with Gasteiger partial charge in [0.25, 0.3) is 0 Å². The SMILES string of the molecule is CC(C)(O)C(c1cc(F)cc(F)c1)C1CN(C(c2ccc(Cl)cc2)c2ccc(C#N)cc2)C1. The predicted molar refractivity (Wildman–Crippen MR) is 125 cm³/mol. The molecular weight excluding hydrogens is 442 g/mol. The average Bonchev–Trinajstić information content (AvgIpc) is 2.72. The first-order valence-corrected chi connectivity index (χ1v) is 11.2. The molecule has 1 aliphatic heterocycles. The number of nitrogens with zero attached hydrogens (tertiary/aromatic N) is 2. The standard InChI is InChI=1S/C27H25ClF2N2O/c1-27(2,33)25(20-11-23(29)13-24(30)12-20)21-15-32(16-21)26(19-7-9-22(28)10-8-19)18-5-3-17(14-31)4-6-18/h3-13,21,25-26,33H,15-16H2,1-2H3. The molecule has 3 nitrogen and oxygen atoms in total. The predicted octanol–water partition coefficient (Wildman–Crippen LogP) is 6.07. The maximum absolute atomic E-state index is 13.9. The second-order valence-electron chi connectivity index (χ2n) is 9.24. The minimum absolute atomic E-state index is 0.0133. The van der Waals surface area contributed by atoms with Gasteiger partial charge in [-0.2, -0.15) is 5.26 Å². The van der Waals surface area contributed by atoms with Crippen molar-refractivity contribution in [2.24, 2.45) is 5.92 Å². The van der Waals surface area contributed by atoms with Crippen molar-refractivity contribution < 1.29 is 13.9 Å². The highest BCUT2D eigenvalue weighted by atomic mass is 35.5. The Labute approximate surface area is 197 Å². The van der Waals surface area contributed by atoms with Crippen molar-refractivity contribution >= 4 is 11.6 Å². The summed E-state index contributed by atoms with van der Waals surface area (Å²) in [6.45, 7) is 4.64. The zero-order chi connectivity index (χ0) is 23.8. The molecule has 170 valence electrons. The third kappa shape index (κ3) is 5.09. The lowest BCUT2D eigenvalue weighted by molar-refractivity contribution is -0.0309. The number of halogens is 3. The van der Waals surface area contributed by atoms with Crippen LogP contribution in [0.5, 0.6) is 0 Å². The van der Waals surface area contributed by atoms with Crippen molar-refractivity contribution in [2.45, 2.75) is 31.4 Å². The quantitative estimate of drug-likeness (QED) is 0.480. The van der Waals surface area contributed by atoms with Gasteiger partial charge in [0.05, 0.1) is 23.3 Å². The highest BCUT2D eigenvalue weighted by molar-refractivity contribution is 6.30. The van der Waals surface area contributed by atoms with E-state index in [1.54, 1.807) is 26.0 Å². The van der Waals surface area contributed by atoms with Crippen LogP contribution in [0.1, 0.15) is 48.1 Å². The third-order valence-electron chi connectivity index (χ3n) is 6.32. The molecule has 3 aromatic carbocycles. The van der Waals surface area contributed by atoms with Gasteiger partial charge in [-0.15, -0.1) is 0 Å². The molecule has 0 aliphatic carbocycles. The topological polar surface area (TPSA) is 47.3 Å². The summed E-state index contributed by atoms with van der Waals surface area (Å²) in [4.78, 5) is 2.27. The van der Waals surface area contributed by atoms with Gasteiger partial charge in [0.15, 0.2) is 0 Å². The molecule has 3 aromatic rings. The van der Waals surface area contributed by atoms with E-state index in [0.717, 1.165) is 17.2 Å². The smallest absolute Gasteiger partial charge is 0.126 e. The highest BCUT2D eigenvalue weighted by Crippen LogP contribution is 2.44. The number of hydrogen-bond acceptors (Lipinski definition) is 3. The van der Waals surface area contributed by atoms with Crippen molar-refractivity contribution in [2.75, 3.05) is 13.1 Å². The van der Waals surface area contributed by atoms with Gasteiger partial charge in [-0.3, -0.25) is 4.90 Å². The molecular formula is C27H25ClF2N2O. The molecule has 0 saturated carbocycles. The first-order chi connectivity index (χ1) is 15.7. The lowest BCUT2D eigenvalue weighted by Gasteiger charge is -2.50. The Morgan fingerprint density at radius 1 is 0.939 bits per heavy atom. The monoisotopic (exact) mass is 466 g/mol. The van der Waals surface area contributed by atoms with E-state index in [-0.39, 0.29) is 12.0 Å². The highest BCUT2D eigenvalue weighted by Gasteiger charge is 2.44. The molecule has 0 radical (unpaired) electrons. The number of hydrogen-bond donors (Lipinski definition) is 1. The molecule has 2 unspecified atom stereocenters. The molecule has 2 atom stereocenters. The third-order valence-corrected chi connectivity index (χ3v) is 6.57. The van der Waals surface area contributed by atoms with Crippen LogP contribution in [-0.4, -0.2) is 28.7 Å². The maximum atomic E-state index is 13.9. The van der Waals surface area contributed by atoms with Crippen molar-refractivity contribution in [1.82, 2.24) is 4.90 Å². The first kappa shape index (κ1) is 23.4. The molecule has 0 amide bonds. The minimum atomic E-state index is -1.15. The molecule has 4 rings (SSSR count). The largest absolute Gasteiger partial charge is 0.390 e. The Morgan fingerprint density at radius 3 is 1.94 bits per heavy atom. The number of benzene rings is 3. The van der Waals surface area contributed by atoms with Gasteiger partial charge in [0.2, 0.25) is 0 Å². The molecule has 1 fully saturated rings. The molecule has 6 heteroatoms. The molecule has 1 heterocycles. The van der Waals surface area contributed by atoms with Crippen LogP contribution in [0.3, 0.4) is 0 Å². The van der Waals surface area contributed by atoms with Crippen molar-refractivity contribution in [3.8, 4) is 6.07 Å². The Balaban J connectivity index is 1.64. The van der Waals surface area contributed by atoms with E-state index in [2.05, 4.69) is 11.0 Å². The van der Waals surface area contributed by atoms with Crippen LogP contribution < -0.4 is 0 Å². The number of nitriles is 1. The van der Waals surface area contributed by atoms with Crippen LogP contribution in [-0.2, 0) is 0 Å². The minimum Gasteiger partial charge on any atom is -0.390 e. The molecule has 1 aliphatic rings. The van der Waals surface area contributed by atoms with E-state index in [1.807, 2.05) is 36.4 Å². The fourth-order valence-electron chi connectivity index (χ4n) is 4.98. The summed E-state index contributed by atoms with van der Waals surface area (Å²) >= 11 is 6.10. The van der Waals surface area contributed by atoms with E-state index in [4.69, 9.17) is 16.9 Å². The fraction of sp³-hybridized carbons (Fsp3) is 0.296. The lowest BCUT2D eigenvalue weighted by Crippen LogP contribution is -2.54. The second-order valence-corrected chi connectivity index (χ2v) is 9.67. The van der Waals surface area contributed by atoms with Gasteiger partial charge in [0.1, 0.15) is 11.6 Å². The van der Waals surface area contributed by atoms with E-state index < -0.39 is 23.2 Å². The fourth-order valence-corrected chi connectivity index (χ4v) is 5.11. The van der Waals surface area contributed by atoms with Crippen LogP contribution in [0, 0.1) is 28.9 Å². The maximum Gasteiger partial charge on any atom is 0.126 e. The van der Waals surface area contributed by atoms with Gasteiger partial charge < -0.3 is 5.11 Å². The molecule has 1 saturated heterocycles. The zero-order valence-electron chi connectivity index (χ0n) is 18.5. The number of likely N-dealkylation sites (tertiary alicyclic amines) is 1. The summed E-state index contributed by atoms with van der Waals surface area (Å²) in [5.74, 6) is -1.70. The first-order valence-electron chi connectivity index (χ1n) is 10.8. The van der Waals surface area contributed by atoms with E-state index in [1.165, 1.54) is 12.1 Å². The number of aliphatic hydroxyl groups is 1. The summed E-state index contributed by atoms with van der Waals surface area (Å²) in [6, 6.07) is 20.7. The van der Waals surface area contributed by atoms with Crippen LogP contribution in [0.4, 0.5) is 8.78 Å². The Morgan fingerprint density at radius 2 is 1.45 bits per heavy atom. The lowest BCUT2D eigenvalue weighted by atomic mass is 9.71. The normalized spacial score (nSPS) is 16.6. The van der Waals surface area contributed by atoms with Gasteiger partial charge in [-0.05, 0) is 72.9 Å². The van der Waals surface area contributed by atoms with Crippen LogP contribution in [0.2, 0.25) is 5.02 Å². The molecule has 0 spiro atoms. The molecule has 33 heavy (non-hydrogen) atoms. The van der Waals surface area contributed by atoms with E-state index in [9.17, 15) is 13.9 Å². The van der Waals surface area contributed by atoms with Gasteiger partial charge in [-0.25, -0.2) is 8.78 Å². The summed E-state index contributed by atoms with van der Waals surface area (Å²) in [7, 11) is 0. The summed E-state index contributed by atoms with van der Waals surface area (Å²) in [5.41, 5.74) is 1.99. The number of rotatable bonds is 6. The summed E-state index contributed by atoms with van der Waals surface area (Å²) in [5, 5.41) is 20.7. The Hall–Kier alpha value is -2.78. The van der Waals surface area contributed by atoms with E-state index in [0.29, 0.717) is 29.2 Å². The van der Waals surface area contributed by atoms with Crippen molar-refractivity contribution in [1.29, 1.82) is 5.26 Å². The van der Waals surface area contributed by atoms with Crippen LogP contribution in [0.25, 0.3) is 0 Å². The van der Waals surface area contributed by atoms with Gasteiger partial charge in [0, 0.05) is 30.1 Å². The van der Waals surface area contributed by atoms with Gasteiger partial charge >= 0.3 is 0 Å². The zero-order valence-corrected chi connectivity index (χ0v) is 19.2.